The Morgan fingerprint density at radius 3 is 1.37 bits per heavy atom. The number of hydrogen-bond donors (Lipinski definition) is 0. The van der Waals surface area contributed by atoms with Gasteiger partial charge in [-0.3, -0.25) is 0 Å². The minimum Gasteiger partial charge on any atom is -0.437 e. The molecule has 0 aliphatic heterocycles. The maximum absolute atomic E-state index is 6.31. The molecular formula is C61H60N7O3+3. The Morgan fingerprint density at radius 1 is 0.423 bits per heavy atom. The molecule has 354 valence electrons. The van der Waals surface area contributed by atoms with Crippen LogP contribution in [0, 0.1) is 55.4 Å². The highest BCUT2D eigenvalue weighted by molar-refractivity contribution is 6.11. The Bertz CT molecular complexity index is 4060. The van der Waals surface area contributed by atoms with Crippen molar-refractivity contribution in [1.29, 1.82) is 0 Å². The monoisotopic (exact) mass is 938 g/mol. The fourth-order valence-electron chi connectivity index (χ4n) is 10.1. The summed E-state index contributed by atoms with van der Waals surface area (Å²) in [6.45, 7) is 21.0. The van der Waals surface area contributed by atoms with E-state index < -0.39 is 0 Å². The number of fused-ring (bicyclic) bond motifs is 9. The summed E-state index contributed by atoms with van der Waals surface area (Å²) >= 11 is 0. The van der Waals surface area contributed by atoms with Gasteiger partial charge in [0.05, 0.1) is 32.8 Å². The summed E-state index contributed by atoms with van der Waals surface area (Å²) in [6.07, 6.45) is 8.08. The van der Waals surface area contributed by atoms with Crippen molar-refractivity contribution >= 4 is 66.2 Å². The lowest BCUT2D eigenvalue weighted by molar-refractivity contribution is -0.660. The topological polar surface area (TPSA) is 103 Å². The van der Waals surface area contributed by atoms with Crippen molar-refractivity contribution in [2.45, 2.75) is 75.2 Å². The highest BCUT2D eigenvalue weighted by Gasteiger charge is 2.25. The number of benzene rings is 3. The Hall–Kier alpha value is -8.11. The predicted molar refractivity (Wildman–Crippen MR) is 284 cm³/mol. The minimum atomic E-state index is 0.483. The fourth-order valence-corrected chi connectivity index (χ4v) is 10.1. The fraction of sp³-hybridized carbons (Fsp3) is 0.230. The zero-order valence-corrected chi connectivity index (χ0v) is 43.0. The summed E-state index contributed by atoms with van der Waals surface area (Å²) in [5.74, 6) is 1.20. The summed E-state index contributed by atoms with van der Waals surface area (Å²) in [5.41, 5.74) is 21.0. The molecule has 10 nitrogen and oxygen atoms in total. The van der Waals surface area contributed by atoms with Gasteiger partial charge in [0.15, 0.2) is 35.3 Å². The first-order valence-electron chi connectivity index (χ1n) is 24.2. The molecular weight excluding hydrogens is 879 g/mol. The van der Waals surface area contributed by atoms with Crippen LogP contribution in [0.3, 0.4) is 0 Å². The van der Waals surface area contributed by atoms with Crippen LogP contribution in [0.15, 0.2) is 135 Å². The second kappa shape index (κ2) is 18.3. The average Bonchev–Trinajstić information content (AvgIpc) is 4.01. The van der Waals surface area contributed by atoms with Gasteiger partial charge in [0.1, 0.15) is 27.0 Å². The normalized spacial score (nSPS) is 11.6. The van der Waals surface area contributed by atoms with E-state index in [2.05, 4.69) is 187 Å². The Morgan fingerprint density at radius 2 is 0.873 bits per heavy atom. The molecule has 12 rings (SSSR count). The van der Waals surface area contributed by atoms with Gasteiger partial charge in [-0.2, -0.15) is 4.98 Å². The van der Waals surface area contributed by atoms with Gasteiger partial charge in [-0.1, -0.05) is 50.2 Å². The lowest BCUT2D eigenvalue weighted by Gasteiger charge is -2.09. The molecule has 0 aliphatic carbocycles. The van der Waals surface area contributed by atoms with Crippen LogP contribution in [-0.2, 0) is 21.1 Å². The van der Waals surface area contributed by atoms with Crippen molar-refractivity contribution in [3.8, 4) is 33.8 Å². The van der Waals surface area contributed by atoms with Crippen molar-refractivity contribution in [2.75, 3.05) is 0 Å². The Kier molecular flexibility index (Phi) is 12.0. The third-order valence-electron chi connectivity index (χ3n) is 13.7. The van der Waals surface area contributed by atoms with E-state index in [-0.39, 0.29) is 0 Å². The maximum Gasteiger partial charge on any atom is 0.230 e. The van der Waals surface area contributed by atoms with E-state index in [0.717, 1.165) is 106 Å². The Labute approximate surface area is 413 Å². The molecule has 0 amide bonds. The standard InChI is InChI=1S/C23H25N2O.C20H19N2O.C18H16N3O/c1-13(2)17-9-10-25(6)19(12-17)21-14(3)7-8-18-20-15(4)11-16(5)24-23(20)26-22(18)21;1-12-8-9-15-17-13(2)11-14(3)21-20(17)23-19(15)18(12)16-7-5-6-10-22(16)4;1-11-7-8-13-14-10-19-12(2)20-18(14)22-17(13)16(11)15-6-4-5-9-21(15)3/h7-13H,1-6H3;5-11H,1-4H3;4-10H,1-3H3/q3*+1. The van der Waals surface area contributed by atoms with Crippen LogP contribution in [0.25, 0.3) is 100.0 Å². The summed E-state index contributed by atoms with van der Waals surface area (Å²) in [7, 11) is 6.19. The van der Waals surface area contributed by atoms with Crippen LogP contribution in [-0.4, -0.2) is 19.9 Å². The molecule has 0 saturated heterocycles. The second-order valence-corrected chi connectivity index (χ2v) is 19.4. The van der Waals surface area contributed by atoms with Gasteiger partial charge in [-0.25, -0.2) is 28.7 Å². The number of rotatable bonds is 4. The third kappa shape index (κ3) is 8.37. The van der Waals surface area contributed by atoms with Crippen LogP contribution < -0.4 is 13.7 Å². The van der Waals surface area contributed by atoms with Crippen LogP contribution in [0.1, 0.15) is 70.4 Å². The SMILES string of the molecule is Cc1cc(C)c2c(n1)oc1c(-c3cc(C(C)C)cc[n+]3C)c(C)ccc12.Cc1cc(C)c2c(n1)oc1c(-c3cccc[n+]3C)c(C)ccc12.Cc1ncc2c(n1)oc1c(-c3cccc[n+]3C)c(C)ccc12. The van der Waals surface area contributed by atoms with Gasteiger partial charge in [0.25, 0.3) is 0 Å². The van der Waals surface area contributed by atoms with Crippen molar-refractivity contribution in [3.63, 3.8) is 0 Å². The number of pyridine rings is 5. The second-order valence-electron chi connectivity index (χ2n) is 19.4. The highest BCUT2D eigenvalue weighted by Crippen LogP contribution is 2.40. The van der Waals surface area contributed by atoms with E-state index >= 15 is 0 Å². The molecule has 0 bridgehead atoms. The van der Waals surface area contributed by atoms with Crippen molar-refractivity contribution in [2.24, 2.45) is 21.1 Å². The average molecular weight is 939 g/mol. The van der Waals surface area contributed by atoms with E-state index in [9.17, 15) is 0 Å². The number of nitrogens with zero attached hydrogens (tertiary/aromatic N) is 7. The lowest BCUT2D eigenvalue weighted by Crippen LogP contribution is -2.31. The zero-order chi connectivity index (χ0) is 50.0. The molecule has 0 atom stereocenters. The van der Waals surface area contributed by atoms with Gasteiger partial charge in [0, 0.05) is 70.1 Å². The predicted octanol–water partition coefficient (Wildman–Crippen LogP) is 13.4. The van der Waals surface area contributed by atoms with Crippen LogP contribution in [0.5, 0.6) is 0 Å². The summed E-state index contributed by atoms with van der Waals surface area (Å²) in [6, 6.07) is 34.0. The molecule has 0 N–H and O–H groups in total. The van der Waals surface area contributed by atoms with Gasteiger partial charge < -0.3 is 13.3 Å². The highest BCUT2D eigenvalue weighted by atomic mass is 16.3. The summed E-state index contributed by atoms with van der Waals surface area (Å²) < 4.78 is 25.0. The number of hydrogen-bond acceptors (Lipinski definition) is 7. The molecule has 3 aromatic carbocycles. The largest absolute Gasteiger partial charge is 0.437 e. The maximum atomic E-state index is 6.31. The molecule has 0 fully saturated rings. The van der Waals surface area contributed by atoms with Gasteiger partial charge >= 0.3 is 0 Å². The smallest absolute Gasteiger partial charge is 0.230 e. The lowest BCUT2D eigenvalue weighted by atomic mass is 9.97. The third-order valence-corrected chi connectivity index (χ3v) is 13.7. The van der Waals surface area contributed by atoms with Crippen molar-refractivity contribution < 1.29 is 27.0 Å². The first kappa shape index (κ1) is 46.6. The van der Waals surface area contributed by atoms with E-state index in [1.807, 2.05) is 58.4 Å². The summed E-state index contributed by atoms with van der Waals surface area (Å²) in [5, 5.41) is 6.52. The molecule has 0 unspecified atom stereocenters. The molecule has 0 saturated carbocycles. The first-order chi connectivity index (χ1) is 34.1. The quantitative estimate of drug-likeness (QED) is 0.162. The number of furan rings is 3. The van der Waals surface area contributed by atoms with Crippen LogP contribution in [0.2, 0.25) is 0 Å². The van der Waals surface area contributed by atoms with Crippen molar-refractivity contribution in [3.05, 3.63) is 172 Å². The van der Waals surface area contributed by atoms with E-state index in [1.54, 1.807) is 0 Å². The van der Waals surface area contributed by atoms with E-state index in [1.165, 1.54) is 39.1 Å². The van der Waals surface area contributed by atoms with Crippen LogP contribution in [0.4, 0.5) is 0 Å². The molecule has 9 aromatic heterocycles. The van der Waals surface area contributed by atoms with Crippen molar-refractivity contribution in [1.82, 2.24) is 19.9 Å². The Balaban J connectivity index is 0.000000123. The molecule has 0 spiro atoms. The van der Waals surface area contributed by atoms with Crippen LogP contribution >= 0.6 is 0 Å². The van der Waals surface area contributed by atoms with Gasteiger partial charge in [0.2, 0.25) is 34.2 Å². The first-order valence-corrected chi connectivity index (χ1v) is 24.2. The minimum absolute atomic E-state index is 0.483. The molecule has 71 heavy (non-hydrogen) atoms. The van der Waals surface area contributed by atoms with Gasteiger partial charge in [-0.05, 0) is 119 Å². The van der Waals surface area contributed by atoms with E-state index in [0.29, 0.717) is 11.6 Å². The molecule has 10 heteroatoms. The molecule has 12 aromatic rings. The van der Waals surface area contributed by atoms with Gasteiger partial charge in [-0.15, -0.1) is 0 Å². The molecule has 0 aliphatic rings. The number of aromatic nitrogens is 7. The van der Waals surface area contributed by atoms with E-state index in [4.69, 9.17) is 13.3 Å². The molecule has 9 heterocycles. The number of aryl methyl sites for hydroxylation is 11. The zero-order valence-electron chi connectivity index (χ0n) is 43.0. The molecule has 0 radical (unpaired) electrons. The summed E-state index contributed by atoms with van der Waals surface area (Å²) in [4.78, 5) is 17.9.